The van der Waals surface area contributed by atoms with Crippen LogP contribution in [0.5, 0.6) is 0 Å². The average Bonchev–Trinajstić information content (AvgIpc) is 2.32. The fourth-order valence-electron chi connectivity index (χ4n) is 1.55. The number of ether oxygens (including phenoxy) is 2. The van der Waals surface area contributed by atoms with Gasteiger partial charge in [-0.1, -0.05) is 22.9 Å². The molecule has 0 aromatic carbocycles. The molecule has 19 heavy (non-hydrogen) atoms. The SMILES string of the molecule is CC(=O)NC(C)COCCOCC(C)CC(=O)CBr. The number of nitrogens with one attached hydrogen (secondary N) is 1. The van der Waals surface area contributed by atoms with Crippen molar-refractivity contribution in [2.24, 2.45) is 5.92 Å². The van der Waals surface area contributed by atoms with Gasteiger partial charge in [0.25, 0.3) is 0 Å². The molecule has 0 aliphatic heterocycles. The minimum atomic E-state index is -0.0577. The number of alkyl halides is 1. The first-order chi connectivity index (χ1) is 8.95. The molecule has 6 heteroatoms. The number of rotatable bonds is 11. The Labute approximate surface area is 123 Å². The molecule has 5 nitrogen and oxygen atoms in total. The number of ketones is 1. The van der Waals surface area contributed by atoms with E-state index in [2.05, 4.69) is 21.2 Å². The number of hydrogen-bond acceptors (Lipinski definition) is 4. The van der Waals surface area contributed by atoms with E-state index in [4.69, 9.17) is 9.47 Å². The number of Topliss-reactive ketones (excluding diaryl/α,β-unsaturated/α-hetero) is 1. The molecule has 1 N–H and O–H groups in total. The molecule has 0 spiro atoms. The molecule has 112 valence electrons. The van der Waals surface area contributed by atoms with Gasteiger partial charge in [-0.05, 0) is 12.8 Å². The Morgan fingerprint density at radius 1 is 1.16 bits per heavy atom. The third-order valence-corrected chi connectivity index (χ3v) is 2.94. The highest BCUT2D eigenvalue weighted by Crippen LogP contribution is 2.04. The lowest BCUT2D eigenvalue weighted by atomic mass is 10.1. The van der Waals surface area contributed by atoms with Crippen molar-refractivity contribution in [2.45, 2.75) is 33.2 Å². The summed E-state index contributed by atoms with van der Waals surface area (Å²) in [6.45, 7) is 7.37. The highest BCUT2D eigenvalue weighted by atomic mass is 79.9. The highest BCUT2D eigenvalue weighted by Gasteiger charge is 2.08. The second-order valence-corrected chi connectivity index (χ2v) is 5.29. The Hall–Kier alpha value is -0.460. The second kappa shape index (κ2) is 11.4. The first-order valence-corrected chi connectivity index (χ1v) is 7.58. The van der Waals surface area contributed by atoms with E-state index < -0.39 is 0 Å². The lowest BCUT2D eigenvalue weighted by molar-refractivity contribution is -0.120. The smallest absolute Gasteiger partial charge is 0.217 e. The zero-order valence-electron chi connectivity index (χ0n) is 11.9. The number of hydrogen-bond donors (Lipinski definition) is 1. The molecular formula is C13H24BrNO4. The first kappa shape index (κ1) is 18.5. The van der Waals surface area contributed by atoms with Gasteiger partial charge in [0.05, 0.1) is 25.2 Å². The number of carbonyl (C=O) groups is 2. The summed E-state index contributed by atoms with van der Waals surface area (Å²) in [6.07, 6.45) is 0.533. The van der Waals surface area contributed by atoms with Crippen LogP contribution < -0.4 is 5.32 Å². The third kappa shape index (κ3) is 12.3. The lowest BCUT2D eigenvalue weighted by Crippen LogP contribution is -2.34. The van der Waals surface area contributed by atoms with Gasteiger partial charge in [-0.15, -0.1) is 0 Å². The first-order valence-electron chi connectivity index (χ1n) is 6.46. The molecule has 0 radical (unpaired) electrons. The molecule has 2 atom stereocenters. The van der Waals surface area contributed by atoms with Crippen molar-refractivity contribution >= 4 is 27.6 Å². The van der Waals surface area contributed by atoms with Gasteiger partial charge in [0.2, 0.25) is 5.91 Å². The van der Waals surface area contributed by atoms with Crippen molar-refractivity contribution in [1.29, 1.82) is 0 Å². The van der Waals surface area contributed by atoms with Crippen molar-refractivity contribution in [3.05, 3.63) is 0 Å². The van der Waals surface area contributed by atoms with Gasteiger partial charge in [-0.2, -0.15) is 0 Å². The van der Waals surface area contributed by atoms with Gasteiger partial charge >= 0.3 is 0 Å². The maximum Gasteiger partial charge on any atom is 0.217 e. The summed E-state index contributed by atoms with van der Waals surface area (Å²) in [4.78, 5) is 21.9. The van der Waals surface area contributed by atoms with Crippen molar-refractivity contribution in [3.63, 3.8) is 0 Å². The normalized spacial score (nSPS) is 13.9. The van der Waals surface area contributed by atoms with Crippen LogP contribution >= 0.6 is 15.9 Å². The van der Waals surface area contributed by atoms with E-state index in [1.807, 2.05) is 13.8 Å². The summed E-state index contributed by atoms with van der Waals surface area (Å²) >= 11 is 3.14. The van der Waals surface area contributed by atoms with Crippen LogP contribution in [-0.2, 0) is 19.1 Å². The maximum absolute atomic E-state index is 11.2. The summed E-state index contributed by atoms with van der Waals surface area (Å²) < 4.78 is 10.8. The lowest BCUT2D eigenvalue weighted by Gasteiger charge is -2.14. The van der Waals surface area contributed by atoms with Crippen molar-refractivity contribution in [1.82, 2.24) is 5.32 Å². The van der Waals surface area contributed by atoms with E-state index in [1.54, 1.807) is 0 Å². The molecule has 2 unspecified atom stereocenters. The Morgan fingerprint density at radius 2 is 1.74 bits per heavy atom. The zero-order chi connectivity index (χ0) is 14.7. The number of carbonyl (C=O) groups excluding carboxylic acids is 2. The Kier molecular flexibility index (Phi) is 11.1. The van der Waals surface area contributed by atoms with Crippen LogP contribution in [0, 0.1) is 5.92 Å². The Bertz CT molecular complexity index is 273. The van der Waals surface area contributed by atoms with Crippen molar-refractivity contribution < 1.29 is 19.1 Å². The quantitative estimate of drug-likeness (QED) is 0.458. The van der Waals surface area contributed by atoms with Crippen LogP contribution in [-0.4, -0.2) is 49.5 Å². The maximum atomic E-state index is 11.2. The van der Waals surface area contributed by atoms with Gasteiger partial charge in [0.15, 0.2) is 0 Å². The zero-order valence-corrected chi connectivity index (χ0v) is 13.5. The average molecular weight is 338 g/mol. The van der Waals surface area contributed by atoms with Crippen LogP contribution in [0.3, 0.4) is 0 Å². The van der Waals surface area contributed by atoms with Gasteiger partial charge in [-0.3, -0.25) is 9.59 Å². The molecule has 0 saturated heterocycles. The fourth-order valence-corrected chi connectivity index (χ4v) is 1.78. The Balaban J connectivity index is 3.40. The molecule has 0 aliphatic carbocycles. The van der Waals surface area contributed by atoms with Gasteiger partial charge in [-0.25, -0.2) is 0 Å². The molecule has 0 fully saturated rings. The monoisotopic (exact) mass is 337 g/mol. The number of amides is 1. The second-order valence-electron chi connectivity index (χ2n) is 4.73. The molecule has 0 aromatic rings. The van der Waals surface area contributed by atoms with Gasteiger partial charge < -0.3 is 14.8 Å². The summed E-state index contributed by atoms with van der Waals surface area (Å²) in [7, 11) is 0. The summed E-state index contributed by atoms with van der Waals surface area (Å²) in [5, 5.41) is 3.14. The molecular weight excluding hydrogens is 314 g/mol. The van der Waals surface area contributed by atoms with Crippen molar-refractivity contribution in [3.8, 4) is 0 Å². The van der Waals surface area contributed by atoms with Crippen LogP contribution in [0.1, 0.15) is 27.2 Å². The van der Waals surface area contributed by atoms with Crippen LogP contribution in [0.15, 0.2) is 0 Å². The van der Waals surface area contributed by atoms with Crippen LogP contribution in [0.25, 0.3) is 0 Å². The van der Waals surface area contributed by atoms with E-state index in [0.29, 0.717) is 38.2 Å². The minimum absolute atomic E-state index is 0.00738. The summed E-state index contributed by atoms with van der Waals surface area (Å²) in [5.74, 6) is 0.359. The van der Waals surface area contributed by atoms with E-state index in [0.717, 1.165) is 0 Å². The van der Waals surface area contributed by atoms with Crippen LogP contribution in [0.4, 0.5) is 0 Å². The molecule has 0 saturated carbocycles. The molecule has 0 bridgehead atoms. The van der Waals surface area contributed by atoms with E-state index in [1.165, 1.54) is 6.92 Å². The predicted octanol–water partition coefficient (Wildman–Crippen LogP) is 1.53. The Morgan fingerprint density at radius 3 is 2.26 bits per heavy atom. The molecule has 0 aliphatic rings. The highest BCUT2D eigenvalue weighted by molar-refractivity contribution is 9.09. The fraction of sp³-hybridized carbons (Fsp3) is 0.846. The van der Waals surface area contributed by atoms with E-state index in [-0.39, 0.29) is 23.7 Å². The van der Waals surface area contributed by atoms with Crippen molar-refractivity contribution in [2.75, 3.05) is 31.8 Å². The van der Waals surface area contributed by atoms with E-state index >= 15 is 0 Å². The number of halogens is 1. The molecule has 0 heterocycles. The molecule has 0 aromatic heterocycles. The topological polar surface area (TPSA) is 64.6 Å². The van der Waals surface area contributed by atoms with Gasteiger partial charge in [0, 0.05) is 26.0 Å². The minimum Gasteiger partial charge on any atom is -0.379 e. The largest absolute Gasteiger partial charge is 0.379 e. The summed E-state index contributed by atoms with van der Waals surface area (Å²) in [5.41, 5.74) is 0. The summed E-state index contributed by atoms with van der Waals surface area (Å²) in [6, 6.07) is 0.00738. The standard InChI is InChI=1S/C13H24BrNO4/c1-10(6-13(17)7-14)8-18-4-5-19-9-11(2)15-12(3)16/h10-11H,4-9H2,1-3H3,(H,15,16). The predicted molar refractivity (Wildman–Crippen MR) is 77.5 cm³/mol. The van der Waals surface area contributed by atoms with Gasteiger partial charge in [0.1, 0.15) is 5.78 Å². The third-order valence-electron chi connectivity index (χ3n) is 2.32. The molecule has 1 amide bonds. The molecule has 0 rings (SSSR count). The van der Waals surface area contributed by atoms with E-state index in [9.17, 15) is 9.59 Å². The van der Waals surface area contributed by atoms with Crippen LogP contribution in [0.2, 0.25) is 0 Å².